The van der Waals surface area contributed by atoms with Gasteiger partial charge in [-0.1, -0.05) is 42.1 Å². The van der Waals surface area contributed by atoms with Crippen molar-refractivity contribution in [3.05, 3.63) is 54.2 Å². The molecular weight excluding hydrogens is 308 g/mol. The van der Waals surface area contributed by atoms with Crippen LogP contribution in [0.1, 0.15) is 5.56 Å². The van der Waals surface area contributed by atoms with Crippen molar-refractivity contribution in [2.75, 3.05) is 19.8 Å². The van der Waals surface area contributed by atoms with Crippen LogP contribution in [0.25, 0.3) is 16.9 Å². The van der Waals surface area contributed by atoms with E-state index in [2.05, 4.69) is 41.8 Å². The van der Waals surface area contributed by atoms with Crippen molar-refractivity contribution in [3.63, 3.8) is 0 Å². The molecule has 0 spiro atoms. The van der Waals surface area contributed by atoms with Crippen LogP contribution in [0, 0.1) is 6.92 Å². The standard InChI is InChI=1S/C18H18N2O2S/c1-13-7-8-20-15(11-13)19-17(14-5-3-2-4-6-14)18(20)23-16-12-21-9-10-22-16/h2-8,11,16H,9-10,12H2,1H3. The van der Waals surface area contributed by atoms with Gasteiger partial charge in [-0.2, -0.15) is 0 Å². The van der Waals surface area contributed by atoms with Crippen molar-refractivity contribution < 1.29 is 9.47 Å². The van der Waals surface area contributed by atoms with Crippen LogP contribution in [-0.4, -0.2) is 34.6 Å². The molecule has 2 aromatic heterocycles. The topological polar surface area (TPSA) is 35.8 Å². The number of hydrogen-bond donors (Lipinski definition) is 0. The maximum Gasteiger partial charge on any atom is 0.138 e. The van der Waals surface area contributed by atoms with Gasteiger partial charge < -0.3 is 9.47 Å². The third-order valence-electron chi connectivity index (χ3n) is 3.81. The lowest BCUT2D eigenvalue weighted by Gasteiger charge is -2.22. The minimum absolute atomic E-state index is 0.00687. The molecule has 118 valence electrons. The van der Waals surface area contributed by atoms with Crippen molar-refractivity contribution >= 4 is 17.4 Å². The van der Waals surface area contributed by atoms with E-state index in [0.717, 1.165) is 21.9 Å². The Morgan fingerprint density at radius 3 is 2.83 bits per heavy atom. The Morgan fingerprint density at radius 1 is 1.17 bits per heavy atom. The highest BCUT2D eigenvalue weighted by Crippen LogP contribution is 2.35. The fourth-order valence-corrected chi connectivity index (χ4v) is 3.80. The summed E-state index contributed by atoms with van der Waals surface area (Å²) in [5, 5.41) is 1.10. The zero-order chi connectivity index (χ0) is 15.6. The van der Waals surface area contributed by atoms with E-state index in [1.54, 1.807) is 11.8 Å². The normalized spacial score (nSPS) is 18.4. The molecule has 0 saturated carbocycles. The SMILES string of the molecule is Cc1ccn2c(SC3COCCO3)c(-c3ccccc3)nc2c1. The molecule has 1 fully saturated rings. The van der Waals surface area contributed by atoms with E-state index >= 15 is 0 Å². The minimum atomic E-state index is 0.00687. The third-order valence-corrected chi connectivity index (χ3v) is 4.96. The van der Waals surface area contributed by atoms with E-state index in [9.17, 15) is 0 Å². The first-order chi connectivity index (χ1) is 11.3. The summed E-state index contributed by atoms with van der Waals surface area (Å²) in [7, 11) is 0. The second kappa shape index (κ2) is 6.35. The van der Waals surface area contributed by atoms with Gasteiger partial charge in [-0.25, -0.2) is 4.98 Å². The van der Waals surface area contributed by atoms with Crippen LogP contribution in [-0.2, 0) is 9.47 Å². The maximum atomic E-state index is 5.81. The Bertz CT molecular complexity index is 811. The van der Waals surface area contributed by atoms with E-state index in [-0.39, 0.29) is 5.44 Å². The van der Waals surface area contributed by atoms with Crippen LogP contribution < -0.4 is 0 Å². The van der Waals surface area contributed by atoms with Crippen molar-refractivity contribution in [1.82, 2.24) is 9.38 Å². The van der Waals surface area contributed by atoms with Gasteiger partial charge >= 0.3 is 0 Å². The number of rotatable bonds is 3. The third kappa shape index (κ3) is 3.00. The van der Waals surface area contributed by atoms with Crippen LogP contribution in [0.15, 0.2) is 53.7 Å². The molecule has 5 heteroatoms. The van der Waals surface area contributed by atoms with Crippen LogP contribution in [0.5, 0.6) is 0 Å². The Kier molecular flexibility index (Phi) is 4.08. The van der Waals surface area contributed by atoms with Crippen LogP contribution >= 0.6 is 11.8 Å². The number of thioether (sulfide) groups is 1. The second-order valence-corrected chi connectivity index (χ2v) is 6.71. The summed E-state index contributed by atoms with van der Waals surface area (Å²) < 4.78 is 13.5. The Morgan fingerprint density at radius 2 is 2.04 bits per heavy atom. The lowest BCUT2D eigenvalue weighted by Crippen LogP contribution is -2.25. The Balaban J connectivity index is 1.81. The van der Waals surface area contributed by atoms with E-state index in [4.69, 9.17) is 14.5 Å². The molecule has 1 saturated heterocycles. The summed E-state index contributed by atoms with van der Waals surface area (Å²) in [4.78, 5) is 4.86. The molecule has 1 aromatic carbocycles. The lowest BCUT2D eigenvalue weighted by atomic mass is 10.2. The summed E-state index contributed by atoms with van der Waals surface area (Å²) in [5.41, 5.74) is 4.29. The highest BCUT2D eigenvalue weighted by Gasteiger charge is 2.22. The molecule has 23 heavy (non-hydrogen) atoms. The molecule has 1 aliphatic rings. The number of benzene rings is 1. The first-order valence-electron chi connectivity index (χ1n) is 7.71. The molecule has 0 aliphatic carbocycles. The summed E-state index contributed by atoms with van der Waals surface area (Å²) in [5.74, 6) is 0. The van der Waals surface area contributed by atoms with Gasteiger partial charge in [0.2, 0.25) is 0 Å². The number of imidazole rings is 1. The Labute approximate surface area is 139 Å². The second-order valence-electron chi connectivity index (χ2n) is 5.56. The molecular formula is C18H18N2O2S. The molecule has 4 rings (SSSR count). The van der Waals surface area contributed by atoms with E-state index in [0.29, 0.717) is 19.8 Å². The number of fused-ring (bicyclic) bond motifs is 1. The molecule has 3 heterocycles. The van der Waals surface area contributed by atoms with Gasteiger partial charge in [0.1, 0.15) is 21.8 Å². The van der Waals surface area contributed by atoms with E-state index in [1.165, 1.54) is 5.56 Å². The molecule has 0 bridgehead atoms. The maximum absolute atomic E-state index is 5.81. The first-order valence-corrected chi connectivity index (χ1v) is 8.59. The van der Waals surface area contributed by atoms with E-state index < -0.39 is 0 Å². The van der Waals surface area contributed by atoms with Gasteiger partial charge in [0.05, 0.1) is 19.8 Å². The number of ether oxygens (including phenoxy) is 2. The molecule has 4 nitrogen and oxygen atoms in total. The number of aryl methyl sites for hydroxylation is 1. The summed E-state index contributed by atoms with van der Waals surface area (Å²) in [6.07, 6.45) is 2.08. The first kappa shape index (κ1) is 14.8. The molecule has 0 radical (unpaired) electrons. The van der Waals surface area contributed by atoms with Crippen molar-refractivity contribution in [1.29, 1.82) is 0 Å². The predicted molar refractivity (Wildman–Crippen MR) is 91.8 cm³/mol. The van der Waals surface area contributed by atoms with Crippen LogP contribution in [0.2, 0.25) is 0 Å². The fraction of sp³-hybridized carbons (Fsp3) is 0.278. The summed E-state index contributed by atoms with van der Waals surface area (Å²) in [6, 6.07) is 14.5. The zero-order valence-electron chi connectivity index (χ0n) is 12.9. The number of pyridine rings is 1. The number of nitrogens with zero attached hydrogens (tertiary/aromatic N) is 2. The lowest BCUT2D eigenvalue weighted by molar-refractivity contribution is -0.0498. The zero-order valence-corrected chi connectivity index (χ0v) is 13.8. The molecule has 0 amide bonds. The predicted octanol–water partition coefficient (Wildman–Crippen LogP) is 3.77. The highest BCUT2D eigenvalue weighted by atomic mass is 32.2. The van der Waals surface area contributed by atoms with Crippen molar-refractivity contribution in [2.45, 2.75) is 17.4 Å². The highest BCUT2D eigenvalue weighted by molar-refractivity contribution is 7.99. The van der Waals surface area contributed by atoms with Gasteiger partial charge in [-0.05, 0) is 24.6 Å². The van der Waals surface area contributed by atoms with Gasteiger partial charge in [-0.3, -0.25) is 4.40 Å². The Hall–Kier alpha value is -1.82. The van der Waals surface area contributed by atoms with Crippen LogP contribution in [0.3, 0.4) is 0 Å². The van der Waals surface area contributed by atoms with Crippen molar-refractivity contribution in [2.24, 2.45) is 0 Å². The van der Waals surface area contributed by atoms with Gasteiger partial charge in [0, 0.05) is 11.8 Å². The minimum Gasteiger partial charge on any atom is -0.375 e. The molecule has 3 aromatic rings. The molecule has 0 N–H and O–H groups in total. The van der Waals surface area contributed by atoms with Gasteiger partial charge in [0.15, 0.2) is 0 Å². The molecule has 1 atom stereocenters. The fourth-order valence-electron chi connectivity index (χ4n) is 2.68. The average Bonchev–Trinajstić information content (AvgIpc) is 2.94. The van der Waals surface area contributed by atoms with Gasteiger partial charge in [-0.15, -0.1) is 0 Å². The average molecular weight is 326 g/mol. The molecule has 1 unspecified atom stereocenters. The quantitative estimate of drug-likeness (QED) is 0.734. The monoisotopic (exact) mass is 326 g/mol. The smallest absolute Gasteiger partial charge is 0.138 e. The number of aromatic nitrogens is 2. The van der Waals surface area contributed by atoms with Crippen molar-refractivity contribution in [3.8, 4) is 11.3 Å². The number of hydrogen-bond acceptors (Lipinski definition) is 4. The van der Waals surface area contributed by atoms with Crippen LogP contribution in [0.4, 0.5) is 0 Å². The van der Waals surface area contributed by atoms with Gasteiger partial charge in [0.25, 0.3) is 0 Å². The summed E-state index contributed by atoms with van der Waals surface area (Å²) >= 11 is 1.68. The van der Waals surface area contributed by atoms with E-state index in [1.807, 2.05) is 18.2 Å². The summed E-state index contributed by atoms with van der Waals surface area (Å²) in [6.45, 7) is 4.02. The largest absolute Gasteiger partial charge is 0.375 e. The molecule has 1 aliphatic heterocycles.